The second-order valence-corrected chi connectivity index (χ2v) is 7.97. The van der Waals surface area contributed by atoms with Crippen LogP contribution < -0.4 is 15.9 Å². The van der Waals surface area contributed by atoms with Crippen molar-refractivity contribution in [1.82, 2.24) is 4.98 Å². The Bertz CT molecular complexity index is 1430. The molecule has 4 aromatic rings. The van der Waals surface area contributed by atoms with Gasteiger partial charge in [-0.15, -0.1) is 0 Å². The van der Waals surface area contributed by atoms with Crippen LogP contribution in [0.25, 0.3) is 16.6 Å². The molecule has 0 unspecified atom stereocenters. The number of rotatable bonds is 6. The Morgan fingerprint density at radius 3 is 2.62 bits per heavy atom. The van der Waals surface area contributed by atoms with Crippen LogP contribution in [0.5, 0.6) is 0 Å². The molecular weight excluding hydrogens is 399 g/mol. The molecule has 0 bridgehead atoms. The summed E-state index contributed by atoms with van der Waals surface area (Å²) in [7, 11) is 0. The normalized spacial score (nSPS) is 13.3. The number of nitrogens with one attached hydrogen (secondary N) is 2. The predicted molar refractivity (Wildman–Crippen MR) is 129 cm³/mol. The number of para-hydroxylation sites is 2. The van der Waals surface area contributed by atoms with Crippen LogP contribution >= 0.6 is 0 Å². The molecular formula is C27H25FN4. The maximum absolute atomic E-state index is 14.8. The monoisotopic (exact) mass is 424 g/mol. The molecule has 2 heterocycles. The SMILES string of the molecule is CCCNc1[nH]c2ccccc2c1CC1=NC(c2ccccc2F)=c2ccccc2=NC1. The lowest BCUT2D eigenvalue weighted by molar-refractivity contribution is 0.623. The third kappa shape index (κ3) is 3.82. The van der Waals surface area contributed by atoms with Gasteiger partial charge in [0.25, 0.3) is 0 Å². The first kappa shape index (κ1) is 20.2. The zero-order chi connectivity index (χ0) is 21.9. The fourth-order valence-corrected chi connectivity index (χ4v) is 4.18. The number of benzene rings is 3. The molecule has 1 aromatic heterocycles. The van der Waals surface area contributed by atoms with E-state index in [0.29, 0.717) is 24.2 Å². The average molecular weight is 425 g/mol. The maximum Gasteiger partial charge on any atom is 0.132 e. The number of halogens is 1. The van der Waals surface area contributed by atoms with Crippen LogP contribution in [-0.2, 0) is 6.42 Å². The van der Waals surface area contributed by atoms with Gasteiger partial charge in [-0.05, 0) is 30.7 Å². The zero-order valence-corrected chi connectivity index (χ0v) is 18.0. The summed E-state index contributed by atoms with van der Waals surface area (Å²) in [4.78, 5) is 13.3. The Hall–Kier alpha value is -3.73. The van der Waals surface area contributed by atoms with Crippen molar-refractivity contribution in [1.29, 1.82) is 0 Å². The molecule has 0 saturated carbocycles. The molecule has 0 fully saturated rings. The summed E-state index contributed by atoms with van der Waals surface area (Å²) >= 11 is 0. The Kier molecular flexibility index (Phi) is 5.55. The Labute approximate surface area is 186 Å². The van der Waals surface area contributed by atoms with E-state index in [-0.39, 0.29) is 5.82 Å². The number of aromatic nitrogens is 1. The van der Waals surface area contributed by atoms with Gasteiger partial charge in [0.2, 0.25) is 0 Å². The molecule has 2 N–H and O–H groups in total. The van der Waals surface area contributed by atoms with Crippen LogP contribution in [0.1, 0.15) is 24.5 Å². The summed E-state index contributed by atoms with van der Waals surface area (Å²) < 4.78 is 14.8. The van der Waals surface area contributed by atoms with Gasteiger partial charge in [-0.2, -0.15) is 0 Å². The number of aromatic amines is 1. The number of anilines is 1. The molecule has 0 radical (unpaired) electrons. The minimum atomic E-state index is -0.278. The minimum absolute atomic E-state index is 0.278. The van der Waals surface area contributed by atoms with Crippen molar-refractivity contribution in [3.8, 4) is 0 Å². The first-order valence-corrected chi connectivity index (χ1v) is 11.0. The van der Waals surface area contributed by atoms with Gasteiger partial charge in [0, 0.05) is 45.9 Å². The van der Waals surface area contributed by atoms with Crippen molar-refractivity contribution in [3.63, 3.8) is 0 Å². The highest BCUT2D eigenvalue weighted by Crippen LogP contribution is 2.28. The predicted octanol–water partition coefficient (Wildman–Crippen LogP) is 4.60. The van der Waals surface area contributed by atoms with E-state index in [1.165, 1.54) is 17.0 Å². The summed E-state index contributed by atoms with van der Waals surface area (Å²) in [6, 6.07) is 22.9. The number of fused-ring (bicyclic) bond motifs is 2. The van der Waals surface area contributed by atoms with Crippen molar-refractivity contribution >= 4 is 28.1 Å². The van der Waals surface area contributed by atoms with Gasteiger partial charge in [0.05, 0.1) is 17.6 Å². The van der Waals surface area contributed by atoms with Crippen molar-refractivity contribution < 1.29 is 4.39 Å². The topological polar surface area (TPSA) is 52.5 Å². The minimum Gasteiger partial charge on any atom is -0.371 e. The van der Waals surface area contributed by atoms with Crippen LogP contribution in [-0.4, -0.2) is 23.8 Å². The zero-order valence-electron chi connectivity index (χ0n) is 18.0. The smallest absolute Gasteiger partial charge is 0.132 e. The maximum atomic E-state index is 14.8. The van der Waals surface area contributed by atoms with Gasteiger partial charge in [0.1, 0.15) is 11.6 Å². The van der Waals surface area contributed by atoms with E-state index < -0.39 is 0 Å². The second kappa shape index (κ2) is 8.79. The number of aliphatic imine (C=N–C) groups is 1. The number of hydrogen-bond acceptors (Lipinski definition) is 3. The Morgan fingerprint density at radius 1 is 0.969 bits per heavy atom. The summed E-state index contributed by atoms with van der Waals surface area (Å²) in [5, 5.41) is 6.39. The highest BCUT2D eigenvalue weighted by molar-refractivity contribution is 5.99. The van der Waals surface area contributed by atoms with Gasteiger partial charge in [-0.25, -0.2) is 4.39 Å². The fraction of sp³-hybridized carbons (Fsp3) is 0.185. The summed E-state index contributed by atoms with van der Waals surface area (Å²) in [5.41, 5.74) is 4.30. The molecule has 3 aromatic carbocycles. The van der Waals surface area contributed by atoms with E-state index in [1.807, 2.05) is 36.4 Å². The average Bonchev–Trinajstić information content (AvgIpc) is 3.06. The van der Waals surface area contributed by atoms with Crippen LogP contribution in [0, 0.1) is 5.82 Å². The van der Waals surface area contributed by atoms with E-state index in [9.17, 15) is 4.39 Å². The lowest BCUT2D eigenvalue weighted by Crippen LogP contribution is -2.26. The van der Waals surface area contributed by atoms with E-state index >= 15 is 0 Å². The van der Waals surface area contributed by atoms with Crippen molar-refractivity contribution in [2.24, 2.45) is 9.98 Å². The molecule has 32 heavy (non-hydrogen) atoms. The highest BCUT2D eigenvalue weighted by atomic mass is 19.1. The first-order valence-electron chi connectivity index (χ1n) is 11.0. The summed E-state index contributed by atoms with van der Waals surface area (Å²) in [6.07, 6.45) is 1.66. The van der Waals surface area contributed by atoms with Crippen LogP contribution in [0.15, 0.2) is 82.8 Å². The van der Waals surface area contributed by atoms with Gasteiger partial charge in [0.15, 0.2) is 0 Å². The van der Waals surface area contributed by atoms with Crippen LogP contribution in [0.2, 0.25) is 0 Å². The number of H-pyrrole nitrogens is 1. The first-order chi connectivity index (χ1) is 15.7. The lowest BCUT2D eigenvalue weighted by Gasteiger charge is -2.10. The molecule has 0 aliphatic carbocycles. The molecule has 0 atom stereocenters. The molecule has 0 spiro atoms. The highest BCUT2D eigenvalue weighted by Gasteiger charge is 2.17. The van der Waals surface area contributed by atoms with Crippen LogP contribution in [0.3, 0.4) is 0 Å². The molecule has 4 nitrogen and oxygen atoms in total. The molecule has 0 saturated heterocycles. The second-order valence-electron chi connectivity index (χ2n) is 7.97. The Balaban J connectivity index is 1.65. The Morgan fingerprint density at radius 2 is 1.75 bits per heavy atom. The largest absolute Gasteiger partial charge is 0.371 e. The third-order valence-corrected chi connectivity index (χ3v) is 5.74. The molecule has 0 amide bonds. The van der Waals surface area contributed by atoms with Gasteiger partial charge >= 0.3 is 0 Å². The lowest BCUT2D eigenvalue weighted by atomic mass is 10.1. The number of hydrogen-bond donors (Lipinski definition) is 2. The van der Waals surface area contributed by atoms with Crippen molar-refractivity contribution in [2.75, 3.05) is 18.4 Å². The van der Waals surface area contributed by atoms with E-state index in [0.717, 1.165) is 40.6 Å². The standard InChI is InChI=1S/C27H25FN4/c1-2-15-29-27-22(19-9-4-8-14-25(19)32-27)16-18-17-30-24-13-7-5-11-21(24)26(31-18)20-10-3-6-12-23(20)28/h3-14,29,32H,2,15-17H2,1H3. The quantitative estimate of drug-likeness (QED) is 0.467. The molecule has 5 rings (SSSR count). The van der Waals surface area contributed by atoms with Crippen molar-refractivity contribution in [2.45, 2.75) is 19.8 Å². The van der Waals surface area contributed by atoms with Gasteiger partial charge in [-0.1, -0.05) is 55.5 Å². The van der Waals surface area contributed by atoms with E-state index in [4.69, 9.17) is 9.98 Å². The van der Waals surface area contributed by atoms with Gasteiger partial charge < -0.3 is 10.3 Å². The van der Waals surface area contributed by atoms with Crippen LogP contribution in [0.4, 0.5) is 10.2 Å². The molecule has 1 aliphatic heterocycles. The van der Waals surface area contributed by atoms with Crippen molar-refractivity contribution in [3.05, 3.63) is 100 Å². The fourth-order valence-electron chi connectivity index (χ4n) is 4.18. The van der Waals surface area contributed by atoms with Gasteiger partial charge in [-0.3, -0.25) is 9.98 Å². The molecule has 5 heteroatoms. The van der Waals surface area contributed by atoms with E-state index in [2.05, 4.69) is 35.4 Å². The number of nitrogens with zero attached hydrogens (tertiary/aromatic N) is 2. The summed E-state index contributed by atoms with van der Waals surface area (Å²) in [5.74, 6) is 0.740. The third-order valence-electron chi connectivity index (χ3n) is 5.74. The summed E-state index contributed by atoms with van der Waals surface area (Å²) in [6.45, 7) is 3.51. The van der Waals surface area contributed by atoms with E-state index in [1.54, 1.807) is 12.1 Å². The molecule has 1 aliphatic rings. The molecule has 160 valence electrons.